The minimum Gasteiger partial charge on any atom is -0.492 e. The number of ether oxygens (including phenoxy) is 1. The van der Waals surface area contributed by atoms with Gasteiger partial charge in [0.1, 0.15) is 18.2 Å². The molecule has 2 N–H and O–H groups in total. The first-order chi connectivity index (χ1) is 18.9. The molecule has 1 aliphatic heterocycles. The van der Waals surface area contributed by atoms with E-state index in [1.165, 1.54) is 12.8 Å². The van der Waals surface area contributed by atoms with Crippen LogP contribution in [0.25, 0.3) is 0 Å². The third kappa shape index (κ3) is 7.93. The molecule has 0 radical (unpaired) electrons. The zero-order chi connectivity index (χ0) is 28.9. The molecule has 2 aromatic carbocycles. The summed E-state index contributed by atoms with van der Waals surface area (Å²) < 4.78 is 34.4. The maximum absolute atomic E-state index is 12.9. The van der Waals surface area contributed by atoms with E-state index in [2.05, 4.69) is 38.7 Å². The number of likely N-dealkylation sites (tertiary alicyclic amines) is 1. The van der Waals surface area contributed by atoms with Crippen LogP contribution in [0.1, 0.15) is 53.0 Å². The second kappa shape index (κ2) is 12.5. The number of nitrogens with one attached hydrogen (secondary N) is 2. The maximum Gasteiger partial charge on any atom is 0.241 e. The Morgan fingerprint density at radius 2 is 1.77 bits per heavy atom. The fourth-order valence-corrected chi connectivity index (χ4v) is 6.13. The van der Waals surface area contributed by atoms with Crippen molar-refractivity contribution in [2.75, 3.05) is 36.5 Å². The van der Waals surface area contributed by atoms with E-state index in [0.29, 0.717) is 24.1 Å². The van der Waals surface area contributed by atoms with Crippen molar-refractivity contribution in [3.05, 3.63) is 60.3 Å². The molecule has 0 spiro atoms. The number of aryl methyl sites for hydroxylation is 1. The van der Waals surface area contributed by atoms with E-state index in [4.69, 9.17) is 9.72 Å². The van der Waals surface area contributed by atoms with Gasteiger partial charge in [0.2, 0.25) is 16.0 Å². The number of hydrogen-bond acceptors (Lipinski definition) is 8. The molecule has 3 aromatic rings. The van der Waals surface area contributed by atoms with Gasteiger partial charge in [0, 0.05) is 41.3 Å². The van der Waals surface area contributed by atoms with Gasteiger partial charge < -0.3 is 15.0 Å². The normalized spacial score (nSPS) is 14.5. The van der Waals surface area contributed by atoms with E-state index in [-0.39, 0.29) is 10.9 Å². The van der Waals surface area contributed by atoms with Gasteiger partial charge in [-0.3, -0.25) is 4.90 Å². The van der Waals surface area contributed by atoms with Crippen LogP contribution in [0.4, 0.5) is 23.1 Å². The van der Waals surface area contributed by atoms with Gasteiger partial charge in [0.15, 0.2) is 0 Å². The second-order valence-corrected chi connectivity index (χ2v) is 13.2. The summed E-state index contributed by atoms with van der Waals surface area (Å²) in [5.74, 6) is 1.99. The Morgan fingerprint density at radius 3 is 2.42 bits per heavy atom. The molecule has 0 amide bonds. The highest BCUT2D eigenvalue weighted by Gasteiger charge is 2.23. The molecule has 9 nitrogen and oxygen atoms in total. The average Bonchev–Trinajstić information content (AvgIpc) is 3.39. The van der Waals surface area contributed by atoms with E-state index >= 15 is 0 Å². The van der Waals surface area contributed by atoms with Crippen LogP contribution in [0.3, 0.4) is 0 Å². The Morgan fingerprint density at radius 1 is 1.07 bits per heavy atom. The lowest BCUT2D eigenvalue weighted by atomic mass is 10.1. The summed E-state index contributed by atoms with van der Waals surface area (Å²) >= 11 is 0. The Labute approximate surface area is 239 Å². The van der Waals surface area contributed by atoms with Crippen LogP contribution < -0.4 is 19.7 Å². The van der Waals surface area contributed by atoms with Crippen LogP contribution >= 0.6 is 0 Å². The molecule has 1 saturated heterocycles. The zero-order valence-electron chi connectivity index (χ0n) is 24.4. The van der Waals surface area contributed by atoms with Gasteiger partial charge in [-0.25, -0.2) is 18.1 Å². The molecule has 4 rings (SSSR count). The predicted molar refractivity (Wildman–Crippen MR) is 161 cm³/mol. The van der Waals surface area contributed by atoms with Crippen molar-refractivity contribution in [1.29, 1.82) is 0 Å². The Hall–Kier alpha value is -3.21. The lowest BCUT2D eigenvalue weighted by Crippen LogP contribution is -2.40. The molecule has 1 fully saturated rings. The third-order valence-electron chi connectivity index (χ3n) is 6.53. The van der Waals surface area contributed by atoms with Crippen molar-refractivity contribution < 1.29 is 13.2 Å². The largest absolute Gasteiger partial charge is 0.492 e. The molecule has 10 heteroatoms. The molecular formula is C30H42N6O3S. The lowest BCUT2D eigenvalue weighted by molar-refractivity contribution is 0.238. The van der Waals surface area contributed by atoms with Crippen molar-refractivity contribution >= 4 is 33.2 Å². The van der Waals surface area contributed by atoms with Gasteiger partial charge in [-0.2, -0.15) is 4.98 Å². The Balaban J connectivity index is 1.51. The third-order valence-corrected chi connectivity index (χ3v) is 8.28. The molecule has 2 heterocycles. The summed E-state index contributed by atoms with van der Waals surface area (Å²) in [5.41, 5.74) is 1.84. The van der Waals surface area contributed by atoms with Crippen LogP contribution in [0.5, 0.6) is 5.75 Å². The minimum absolute atomic E-state index is 0.0921. The fourth-order valence-electron chi connectivity index (χ4n) is 4.66. The van der Waals surface area contributed by atoms with Crippen molar-refractivity contribution in [3.8, 4) is 5.75 Å². The summed E-state index contributed by atoms with van der Waals surface area (Å²) in [7, 11) is -3.67. The number of nitrogens with zero attached hydrogens (tertiary/aromatic N) is 4. The first-order valence-corrected chi connectivity index (χ1v) is 15.4. The minimum atomic E-state index is -3.67. The first kappa shape index (κ1) is 29.8. The van der Waals surface area contributed by atoms with Crippen LogP contribution in [0.2, 0.25) is 0 Å². The molecule has 0 aliphatic carbocycles. The molecule has 0 saturated carbocycles. The molecule has 1 aromatic heterocycles. The zero-order valence-corrected chi connectivity index (χ0v) is 25.3. The lowest BCUT2D eigenvalue weighted by Gasteiger charge is -2.27. The number of anilines is 4. The van der Waals surface area contributed by atoms with Crippen LogP contribution in [-0.4, -0.2) is 61.1 Å². The van der Waals surface area contributed by atoms with Gasteiger partial charge in [-0.05, 0) is 110 Å². The highest BCUT2D eigenvalue weighted by atomic mass is 32.2. The molecule has 0 atom stereocenters. The van der Waals surface area contributed by atoms with Gasteiger partial charge in [-0.1, -0.05) is 6.07 Å². The molecule has 40 heavy (non-hydrogen) atoms. The van der Waals surface area contributed by atoms with Crippen LogP contribution in [0.15, 0.2) is 59.6 Å². The second-order valence-electron chi connectivity index (χ2n) is 11.6. The van der Waals surface area contributed by atoms with E-state index < -0.39 is 15.6 Å². The standard InChI is InChI=1S/C30H42N6O3S/c1-22(2)36(25-12-14-26(15-13-25)39-19-18-35-16-7-8-17-35)29-31-21-23(3)28(33-29)32-24-10-9-11-27(20-24)40(37,38)34-30(4,5)6/h9-15,20-22,34H,7-8,16-19H2,1-6H3,(H,31,32,33). The smallest absolute Gasteiger partial charge is 0.241 e. The summed E-state index contributed by atoms with van der Waals surface area (Å²) in [6.07, 6.45) is 4.33. The van der Waals surface area contributed by atoms with Crippen molar-refractivity contribution in [3.63, 3.8) is 0 Å². The summed E-state index contributed by atoms with van der Waals surface area (Å²) in [5, 5.41) is 3.29. The van der Waals surface area contributed by atoms with Crippen molar-refractivity contribution in [2.45, 2.75) is 70.9 Å². The van der Waals surface area contributed by atoms with E-state index in [9.17, 15) is 8.42 Å². The van der Waals surface area contributed by atoms with Gasteiger partial charge in [-0.15, -0.1) is 0 Å². The molecule has 0 unspecified atom stereocenters. The molecular weight excluding hydrogens is 524 g/mol. The van der Waals surface area contributed by atoms with Gasteiger partial charge in [0.25, 0.3) is 0 Å². The SMILES string of the molecule is Cc1cnc(N(c2ccc(OCCN3CCCC3)cc2)C(C)C)nc1Nc1cccc(S(=O)(=O)NC(C)(C)C)c1. The fraction of sp³-hybridized carbons (Fsp3) is 0.467. The monoisotopic (exact) mass is 566 g/mol. The van der Waals surface area contributed by atoms with Crippen molar-refractivity contribution in [2.24, 2.45) is 0 Å². The number of benzene rings is 2. The summed E-state index contributed by atoms with van der Waals surface area (Å²) in [6, 6.07) is 14.8. The van der Waals surface area contributed by atoms with E-state index in [1.54, 1.807) is 24.4 Å². The Bertz CT molecular complexity index is 1380. The molecule has 1 aliphatic rings. The highest BCUT2D eigenvalue weighted by Crippen LogP contribution is 2.30. The molecule has 216 valence electrons. The number of aromatic nitrogens is 2. The number of hydrogen-bond donors (Lipinski definition) is 2. The summed E-state index contributed by atoms with van der Waals surface area (Å²) in [4.78, 5) is 14.1. The highest BCUT2D eigenvalue weighted by molar-refractivity contribution is 7.89. The predicted octanol–water partition coefficient (Wildman–Crippen LogP) is 5.63. The Kier molecular flexibility index (Phi) is 9.33. The van der Waals surface area contributed by atoms with E-state index in [1.807, 2.05) is 58.0 Å². The summed E-state index contributed by atoms with van der Waals surface area (Å²) in [6.45, 7) is 15.5. The molecule has 0 bridgehead atoms. The topological polar surface area (TPSA) is 99.7 Å². The van der Waals surface area contributed by atoms with Gasteiger partial charge >= 0.3 is 0 Å². The van der Waals surface area contributed by atoms with Gasteiger partial charge in [0.05, 0.1) is 4.90 Å². The van der Waals surface area contributed by atoms with E-state index in [0.717, 1.165) is 36.6 Å². The van der Waals surface area contributed by atoms with Crippen LogP contribution in [0, 0.1) is 6.92 Å². The quantitative estimate of drug-likeness (QED) is 0.308. The van der Waals surface area contributed by atoms with Crippen molar-refractivity contribution in [1.82, 2.24) is 19.6 Å². The number of rotatable bonds is 11. The average molecular weight is 567 g/mol. The number of sulfonamides is 1. The first-order valence-electron chi connectivity index (χ1n) is 13.9. The maximum atomic E-state index is 12.9. The van der Waals surface area contributed by atoms with Crippen LogP contribution in [-0.2, 0) is 10.0 Å².